The van der Waals surface area contributed by atoms with Crippen LogP contribution in [0.15, 0.2) is 18.2 Å². The van der Waals surface area contributed by atoms with E-state index >= 15 is 0 Å². The molecule has 0 spiro atoms. The first kappa shape index (κ1) is 12.0. The van der Waals surface area contributed by atoms with Gasteiger partial charge in [-0.2, -0.15) is 0 Å². The fraction of sp³-hybridized carbons (Fsp3) is 0.500. The molecule has 0 fully saturated rings. The molecule has 92 valence electrons. The lowest BCUT2D eigenvalue weighted by Gasteiger charge is -2.24. The quantitative estimate of drug-likeness (QED) is 0.868. The molecular formula is C14H19NO2. The number of nitrogens with zero attached hydrogens (tertiary/aromatic N) is 1. The third-order valence-electron chi connectivity index (χ3n) is 3.33. The summed E-state index contributed by atoms with van der Waals surface area (Å²) in [4.78, 5) is 12.9. The Morgan fingerprint density at radius 3 is 2.88 bits per heavy atom. The number of aliphatic carboxylic acids is 1. The third kappa shape index (κ3) is 2.60. The minimum Gasteiger partial charge on any atom is -0.481 e. The SMILES string of the molecule is CC(C)N1CCc2cc(CCC(=O)O)ccc21. The van der Waals surface area contributed by atoms with Crippen molar-refractivity contribution in [1.82, 2.24) is 0 Å². The van der Waals surface area contributed by atoms with Gasteiger partial charge in [-0.3, -0.25) is 4.79 Å². The number of carboxylic acids is 1. The lowest BCUT2D eigenvalue weighted by atomic mass is 10.0. The number of hydrogen-bond acceptors (Lipinski definition) is 2. The number of benzene rings is 1. The van der Waals surface area contributed by atoms with Gasteiger partial charge in [-0.15, -0.1) is 0 Å². The van der Waals surface area contributed by atoms with Crippen LogP contribution in [-0.2, 0) is 17.6 Å². The number of aryl methyl sites for hydroxylation is 1. The van der Waals surface area contributed by atoms with E-state index < -0.39 is 5.97 Å². The van der Waals surface area contributed by atoms with Crippen molar-refractivity contribution in [3.05, 3.63) is 29.3 Å². The van der Waals surface area contributed by atoms with Gasteiger partial charge in [-0.25, -0.2) is 0 Å². The van der Waals surface area contributed by atoms with Crippen molar-refractivity contribution in [2.45, 2.75) is 39.2 Å². The van der Waals surface area contributed by atoms with Crippen molar-refractivity contribution in [2.75, 3.05) is 11.4 Å². The fourth-order valence-electron chi connectivity index (χ4n) is 2.42. The van der Waals surface area contributed by atoms with Crippen LogP contribution in [0.3, 0.4) is 0 Å². The number of hydrogen-bond donors (Lipinski definition) is 1. The highest BCUT2D eigenvalue weighted by Gasteiger charge is 2.21. The summed E-state index contributed by atoms with van der Waals surface area (Å²) in [5, 5.41) is 8.67. The average molecular weight is 233 g/mol. The summed E-state index contributed by atoms with van der Waals surface area (Å²) in [5.74, 6) is -0.727. The zero-order valence-corrected chi connectivity index (χ0v) is 10.4. The highest BCUT2D eigenvalue weighted by atomic mass is 16.4. The summed E-state index contributed by atoms with van der Waals surface area (Å²) in [7, 11) is 0. The first-order chi connectivity index (χ1) is 8.08. The van der Waals surface area contributed by atoms with Crippen LogP contribution in [-0.4, -0.2) is 23.7 Å². The molecular weight excluding hydrogens is 214 g/mol. The molecule has 3 heteroatoms. The lowest BCUT2D eigenvalue weighted by molar-refractivity contribution is -0.136. The van der Waals surface area contributed by atoms with E-state index in [4.69, 9.17) is 5.11 Å². The van der Waals surface area contributed by atoms with Crippen molar-refractivity contribution in [3.8, 4) is 0 Å². The average Bonchev–Trinajstić information content (AvgIpc) is 2.69. The van der Waals surface area contributed by atoms with Crippen LogP contribution < -0.4 is 4.90 Å². The van der Waals surface area contributed by atoms with E-state index in [1.54, 1.807) is 0 Å². The Kier molecular flexibility index (Phi) is 3.36. The maximum Gasteiger partial charge on any atom is 0.303 e. The Morgan fingerprint density at radius 2 is 2.24 bits per heavy atom. The molecule has 2 rings (SSSR count). The van der Waals surface area contributed by atoms with Crippen LogP contribution in [0, 0.1) is 0 Å². The number of rotatable bonds is 4. The normalized spacial score (nSPS) is 14.2. The molecule has 1 aromatic carbocycles. The molecule has 17 heavy (non-hydrogen) atoms. The third-order valence-corrected chi connectivity index (χ3v) is 3.33. The number of anilines is 1. The summed E-state index contributed by atoms with van der Waals surface area (Å²) in [6.45, 7) is 5.48. The predicted molar refractivity (Wildman–Crippen MR) is 68.6 cm³/mol. The molecule has 1 N–H and O–H groups in total. The molecule has 0 aliphatic carbocycles. The molecule has 0 aromatic heterocycles. The van der Waals surface area contributed by atoms with E-state index in [0.717, 1.165) is 18.5 Å². The second kappa shape index (κ2) is 4.78. The second-order valence-electron chi connectivity index (χ2n) is 4.89. The van der Waals surface area contributed by atoms with Gasteiger partial charge in [0, 0.05) is 24.7 Å². The van der Waals surface area contributed by atoms with Crippen LogP contribution in [0.2, 0.25) is 0 Å². The zero-order valence-electron chi connectivity index (χ0n) is 10.4. The Morgan fingerprint density at radius 1 is 1.47 bits per heavy atom. The van der Waals surface area contributed by atoms with Crippen molar-refractivity contribution >= 4 is 11.7 Å². The standard InChI is InChI=1S/C14H19NO2/c1-10(2)15-8-7-12-9-11(3-5-13(12)15)4-6-14(16)17/h3,5,9-10H,4,6-8H2,1-2H3,(H,16,17). The van der Waals surface area contributed by atoms with Crippen molar-refractivity contribution in [1.29, 1.82) is 0 Å². The summed E-state index contributed by atoms with van der Waals surface area (Å²) in [6, 6.07) is 6.89. The summed E-state index contributed by atoms with van der Waals surface area (Å²) < 4.78 is 0. The number of carboxylic acid groups (broad SMARTS) is 1. The monoisotopic (exact) mass is 233 g/mol. The van der Waals surface area contributed by atoms with E-state index in [9.17, 15) is 4.79 Å². The summed E-state index contributed by atoms with van der Waals surface area (Å²) in [6.07, 6.45) is 1.92. The van der Waals surface area contributed by atoms with E-state index in [2.05, 4.69) is 36.9 Å². The van der Waals surface area contributed by atoms with Crippen LogP contribution in [0.4, 0.5) is 5.69 Å². The second-order valence-corrected chi connectivity index (χ2v) is 4.89. The molecule has 0 saturated heterocycles. The molecule has 0 bridgehead atoms. The molecule has 1 aliphatic heterocycles. The molecule has 0 amide bonds. The van der Waals surface area contributed by atoms with E-state index in [1.165, 1.54) is 11.3 Å². The Labute approximate surface area is 102 Å². The van der Waals surface area contributed by atoms with Gasteiger partial charge >= 0.3 is 5.97 Å². The van der Waals surface area contributed by atoms with Gasteiger partial charge in [-0.05, 0) is 43.9 Å². The van der Waals surface area contributed by atoms with Crippen molar-refractivity contribution in [3.63, 3.8) is 0 Å². The number of carbonyl (C=O) groups is 1. The molecule has 0 atom stereocenters. The molecule has 0 saturated carbocycles. The Hall–Kier alpha value is -1.51. The van der Waals surface area contributed by atoms with Gasteiger partial charge in [0.1, 0.15) is 0 Å². The van der Waals surface area contributed by atoms with Crippen LogP contribution in [0.25, 0.3) is 0 Å². The highest BCUT2D eigenvalue weighted by Crippen LogP contribution is 2.30. The molecule has 0 radical (unpaired) electrons. The van der Waals surface area contributed by atoms with E-state index in [-0.39, 0.29) is 6.42 Å². The summed E-state index contributed by atoms with van der Waals surface area (Å²) >= 11 is 0. The van der Waals surface area contributed by atoms with Crippen LogP contribution >= 0.6 is 0 Å². The molecule has 1 heterocycles. The number of fused-ring (bicyclic) bond motifs is 1. The van der Waals surface area contributed by atoms with Gasteiger partial charge in [0.15, 0.2) is 0 Å². The van der Waals surface area contributed by atoms with Crippen LogP contribution in [0.5, 0.6) is 0 Å². The minimum absolute atomic E-state index is 0.215. The van der Waals surface area contributed by atoms with E-state index in [1.807, 2.05) is 0 Å². The van der Waals surface area contributed by atoms with Crippen molar-refractivity contribution < 1.29 is 9.90 Å². The van der Waals surface area contributed by atoms with E-state index in [0.29, 0.717) is 12.5 Å². The van der Waals surface area contributed by atoms with Gasteiger partial charge in [0.25, 0.3) is 0 Å². The lowest BCUT2D eigenvalue weighted by Crippen LogP contribution is -2.28. The Balaban J connectivity index is 2.14. The largest absolute Gasteiger partial charge is 0.481 e. The fourth-order valence-corrected chi connectivity index (χ4v) is 2.42. The van der Waals surface area contributed by atoms with Gasteiger partial charge < -0.3 is 10.0 Å². The maximum atomic E-state index is 10.5. The van der Waals surface area contributed by atoms with Gasteiger partial charge in [0.2, 0.25) is 0 Å². The zero-order chi connectivity index (χ0) is 12.4. The highest BCUT2D eigenvalue weighted by molar-refractivity contribution is 5.67. The Bertz CT molecular complexity index is 426. The van der Waals surface area contributed by atoms with Crippen LogP contribution in [0.1, 0.15) is 31.4 Å². The first-order valence-electron chi connectivity index (χ1n) is 6.18. The smallest absolute Gasteiger partial charge is 0.303 e. The molecule has 3 nitrogen and oxygen atoms in total. The van der Waals surface area contributed by atoms with Gasteiger partial charge in [-0.1, -0.05) is 12.1 Å². The van der Waals surface area contributed by atoms with Gasteiger partial charge in [0.05, 0.1) is 0 Å². The molecule has 0 unspecified atom stereocenters. The minimum atomic E-state index is -0.727. The first-order valence-corrected chi connectivity index (χ1v) is 6.18. The maximum absolute atomic E-state index is 10.5. The summed E-state index contributed by atoms with van der Waals surface area (Å²) in [5.41, 5.74) is 3.82. The predicted octanol–water partition coefficient (Wildman–Crippen LogP) is 2.47. The topological polar surface area (TPSA) is 40.5 Å². The molecule has 1 aliphatic rings. The van der Waals surface area contributed by atoms with Crippen molar-refractivity contribution in [2.24, 2.45) is 0 Å². The molecule has 1 aromatic rings.